The number of amides is 2. The molecule has 258 valence electrons. The van der Waals surface area contributed by atoms with Gasteiger partial charge >= 0.3 is 0 Å². The van der Waals surface area contributed by atoms with Crippen molar-refractivity contribution in [3.63, 3.8) is 0 Å². The van der Waals surface area contributed by atoms with Crippen LogP contribution in [-0.2, 0) is 9.59 Å². The molecule has 44 heavy (non-hydrogen) atoms. The standard InChI is InChI=1S/C37H72N2O4Si/c1-3-5-6-7-8-9-10-11-12-15-18-21-24-28-35(41)34(33-40)39-37(43)30-26-23-20-17-14-13-16-19-22-25-29-36(42)38-31-27-32-44-4-2/h24,28,34-35,40-41H,3-23,25-27,29-33H2,1-2H3,(H,38,42)(H,39,43)/b28-24+. The van der Waals surface area contributed by atoms with E-state index in [0.29, 0.717) is 12.8 Å². The third-order valence-electron chi connectivity index (χ3n) is 8.42. The number of hydrogen-bond acceptors (Lipinski definition) is 4. The first-order chi connectivity index (χ1) is 21.5. The van der Waals surface area contributed by atoms with E-state index in [4.69, 9.17) is 0 Å². The van der Waals surface area contributed by atoms with Gasteiger partial charge in [0.2, 0.25) is 11.8 Å². The fraction of sp³-hybridized carbons (Fsp3) is 0.892. The van der Waals surface area contributed by atoms with Gasteiger partial charge in [-0.2, -0.15) is 0 Å². The maximum absolute atomic E-state index is 12.3. The summed E-state index contributed by atoms with van der Waals surface area (Å²) in [6.45, 7) is 5.04. The molecule has 0 aromatic heterocycles. The third-order valence-corrected chi connectivity index (χ3v) is 9.63. The minimum Gasteiger partial charge on any atom is -0.394 e. The summed E-state index contributed by atoms with van der Waals surface area (Å²) in [5.41, 5.74) is 0. The van der Waals surface area contributed by atoms with Crippen molar-refractivity contribution < 1.29 is 19.8 Å². The number of hydrogen-bond donors (Lipinski definition) is 4. The van der Waals surface area contributed by atoms with Crippen molar-refractivity contribution in [3.05, 3.63) is 12.2 Å². The lowest BCUT2D eigenvalue weighted by atomic mass is 10.0. The summed E-state index contributed by atoms with van der Waals surface area (Å²) >= 11 is 0. The predicted molar refractivity (Wildman–Crippen MR) is 189 cm³/mol. The van der Waals surface area contributed by atoms with Crippen molar-refractivity contribution in [1.29, 1.82) is 0 Å². The molecule has 0 saturated carbocycles. The van der Waals surface area contributed by atoms with Crippen LogP contribution in [0.2, 0.25) is 12.1 Å². The molecule has 2 atom stereocenters. The van der Waals surface area contributed by atoms with Gasteiger partial charge < -0.3 is 20.8 Å². The van der Waals surface area contributed by atoms with Gasteiger partial charge in [-0.1, -0.05) is 154 Å². The Morgan fingerprint density at radius 2 is 1.14 bits per heavy atom. The van der Waals surface area contributed by atoms with E-state index < -0.39 is 12.1 Å². The second kappa shape index (κ2) is 34.7. The SMILES string of the molecule is CCCCCCCCCCCCC/C=C/C(O)C(CO)NC(=O)CCCCCCCCCCCCC(=O)NCCC[Si]CC. The van der Waals surface area contributed by atoms with Crippen LogP contribution in [0.3, 0.4) is 0 Å². The van der Waals surface area contributed by atoms with Gasteiger partial charge in [-0.3, -0.25) is 9.59 Å². The first-order valence-electron chi connectivity index (χ1n) is 18.8. The maximum Gasteiger partial charge on any atom is 0.220 e. The number of rotatable bonds is 34. The molecule has 0 aliphatic heterocycles. The average molecular weight is 637 g/mol. The summed E-state index contributed by atoms with van der Waals surface area (Å²) < 4.78 is 0. The minimum absolute atomic E-state index is 0.0904. The van der Waals surface area contributed by atoms with Crippen LogP contribution in [0, 0.1) is 0 Å². The minimum atomic E-state index is -0.852. The topological polar surface area (TPSA) is 98.7 Å². The van der Waals surface area contributed by atoms with Crippen LogP contribution in [0.5, 0.6) is 0 Å². The Balaban J connectivity index is 3.61. The summed E-state index contributed by atoms with van der Waals surface area (Å²) in [5.74, 6) is 0.121. The first kappa shape index (κ1) is 42.8. The predicted octanol–water partition coefficient (Wildman–Crippen LogP) is 8.83. The molecule has 0 saturated heterocycles. The van der Waals surface area contributed by atoms with Gasteiger partial charge in [-0.05, 0) is 32.1 Å². The van der Waals surface area contributed by atoms with Crippen molar-refractivity contribution in [2.75, 3.05) is 13.2 Å². The highest BCUT2D eigenvalue weighted by atomic mass is 28.2. The second-order valence-electron chi connectivity index (χ2n) is 12.7. The number of allylic oxidation sites excluding steroid dienone is 1. The Morgan fingerprint density at radius 1 is 0.659 bits per heavy atom. The third kappa shape index (κ3) is 30.8. The fourth-order valence-corrected chi connectivity index (χ4v) is 6.29. The summed E-state index contributed by atoms with van der Waals surface area (Å²) in [4.78, 5) is 24.2. The molecule has 2 amide bonds. The number of aliphatic hydroxyl groups is 2. The molecule has 7 heteroatoms. The highest BCUT2D eigenvalue weighted by Gasteiger charge is 2.17. The first-order valence-corrected chi connectivity index (χ1v) is 20.2. The van der Waals surface area contributed by atoms with E-state index in [1.807, 2.05) is 6.08 Å². The van der Waals surface area contributed by atoms with Gasteiger partial charge in [-0.15, -0.1) is 0 Å². The molecule has 0 bridgehead atoms. The monoisotopic (exact) mass is 637 g/mol. The van der Waals surface area contributed by atoms with Crippen molar-refractivity contribution in [2.45, 2.75) is 199 Å². The van der Waals surface area contributed by atoms with E-state index in [2.05, 4.69) is 24.5 Å². The Hall–Kier alpha value is -1.18. The lowest BCUT2D eigenvalue weighted by Gasteiger charge is -2.20. The molecule has 0 aliphatic rings. The maximum atomic E-state index is 12.3. The van der Waals surface area contributed by atoms with E-state index >= 15 is 0 Å². The smallest absolute Gasteiger partial charge is 0.220 e. The number of carbonyl (C=O) groups excluding carboxylic acids is 2. The fourth-order valence-electron chi connectivity index (χ4n) is 5.51. The Labute approximate surface area is 275 Å². The van der Waals surface area contributed by atoms with Gasteiger partial charge in [0.1, 0.15) is 0 Å². The Kier molecular flexibility index (Phi) is 33.8. The average Bonchev–Trinajstić information content (AvgIpc) is 3.02. The van der Waals surface area contributed by atoms with E-state index in [1.165, 1.54) is 108 Å². The van der Waals surface area contributed by atoms with Crippen molar-refractivity contribution in [2.24, 2.45) is 0 Å². The van der Waals surface area contributed by atoms with E-state index in [-0.39, 0.29) is 18.4 Å². The quantitative estimate of drug-likeness (QED) is 0.0322. The number of unbranched alkanes of at least 4 members (excludes halogenated alkanes) is 20. The van der Waals surface area contributed by atoms with Crippen LogP contribution >= 0.6 is 0 Å². The molecule has 0 aromatic rings. The molecule has 4 N–H and O–H groups in total. The highest BCUT2D eigenvalue weighted by Crippen LogP contribution is 2.14. The summed E-state index contributed by atoms with van der Waals surface area (Å²) in [6, 6.07) is 1.85. The van der Waals surface area contributed by atoms with Crippen LogP contribution in [-0.4, -0.2) is 56.8 Å². The largest absolute Gasteiger partial charge is 0.394 e. The summed E-state index contributed by atoms with van der Waals surface area (Å²) in [5, 5.41) is 25.9. The molecule has 0 heterocycles. The Morgan fingerprint density at radius 3 is 1.64 bits per heavy atom. The molecule has 2 unspecified atom stereocenters. The number of carbonyl (C=O) groups is 2. The van der Waals surface area contributed by atoms with Crippen LogP contribution < -0.4 is 10.6 Å². The molecule has 2 radical (unpaired) electrons. The van der Waals surface area contributed by atoms with Gasteiger partial charge in [-0.25, -0.2) is 0 Å². The van der Waals surface area contributed by atoms with Gasteiger partial charge in [0.25, 0.3) is 0 Å². The van der Waals surface area contributed by atoms with Crippen LogP contribution in [0.25, 0.3) is 0 Å². The van der Waals surface area contributed by atoms with E-state index in [9.17, 15) is 19.8 Å². The zero-order valence-electron chi connectivity index (χ0n) is 29.0. The van der Waals surface area contributed by atoms with Crippen molar-refractivity contribution >= 4 is 21.3 Å². The molecule has 6 nitrogen and oxygen atoms in total. The number of aliphatic hydroxyl groups excluding tert-OH is 2. The second-order valence-corrected chi connectivity index (χ2v) is 14.4. The molecule has 0 spiro atoms. The van der Waals surface area contributed by atoms with Crippen molar-refractivity contribution in [1.82, 2.24) is 10.6 Å². The lowest BCUT2D eigenvalue weighted by Crippen LogP contribution is -2.45. The molecular formula is C37H72N2O4Si. The van der Waals surface area contributed by atoms with E-state index in [1.54, 1.807) is 6.08 Å². The molecule has 0 fully saturated rings. The summed E-state index contributed by atoms with van der Waals surface area (Å²) in [6.07, 6.45) is 31.8. The molecule has 0 aromatic carbocycles. The molecule has 0 aliphatic carbocycles. The van der Waals surface area contributed by atoms with Gasteiger partial charge in [0.15, 0.2) is 0 Å². The lowest BCUT2D eigenvalue weighted by molar-refractivity contribution is -0.123. The molecule has 0 rings (SSSR count). The Bertz CT molecular complexity index is 661. The van der Waals surface area contributed by atoms with E-state index in [0.717, 1.165) is 67.4 Å². The summed E-state index contributed by atoms with van der Waals surface area (Å²) in [7, 11) is 1.03. The van der Waals surface area contributed by atoms with Crippen LogP contribution in [0.15, 0.2) is 12.2 Å². The number of nitrogens with one attached hydrogen (secondary N) is 2. The normalized spacial score (nSPS) is 12.9. The van der Waals surface area contributed by atoms with Crippen molar-refractivity contribution in [3.8, 4) is 0 Å². The molecular weight excluding hydrogens is 565 g/mol. The zero-order chi connectivity index (χ0) is 32.4. The van der Waals surface area contributed by atoms with Crippen LogP contribution in [0.1, 0.15) is 174 Å². The van der Waals surface area contributed by atoms with Crippen LogP contribution in [0.4, 0.5) is 0 Å². The van der Waals surface area contributed by atoms with Gasteiger partial charge in [0, 0.05) is 28.9 Å². The zero-order valence-corrected chi connectivity index (χ0v) is 30.0. The highest BCUT2D eigenvalue weighted by molar-refractivity contribution is 6.35. The van der Waals surface area contributed by atoms with Gasteiger partial charge in [0.05, 0.1) is 18.8 Å².